The van der Waals surface area contributed by atoms with Crippen molar-refractivity contribution in [3.05, 3.63) is 47.0 Å². The zero-order valence-electron chi connectivity index (χ0n) is 21.5. The average Bonchev–Trinajstić information content (AvgIpc) is 3.54. The number of carbonyl (C=O) groups is 2. The molecule has 11 heteroatoms. The van der Waals surface area contributed by atoms with Crippen LogP contribution in [0.3, 0.4) is 0 Å². The summed E-state index contributed by atoms with van der Waals surface area (Å²) in [5, 5.41) is 11.4. The second-order valence-electron chi connectivity index (χ2n) is 8.94. The Bertz CT molecular complexity index is 1270. The van der Waals surface area contributed by atoms with Gasteiger partial charge in [-0.2, -0.15) is 0 Å². The highest BCUT2D eigenvalue weighted by Gasteiger charge is 2.48. The molecule has 1 amide bonds. The van der Waals surface area contributed by atoms with Gasteiger partial charge < -0.3 is 38.4 Å². The van der Waals surface area contributed by atoms with Gasteiger partial charge in [0.2, 0.25) is 18.3 Å². The molecule has 0 spiro atoms. The van der Waals surface area contributed by atoms with Gasteiger partial charge in [-0.1, -0.05) is 12.1 Å². The minimum Gasteiger partial charge on any atom is -0.507 e. The molecule has 1 N–H and O–H groups in total. The first-order chi connectivity index (χ1) is 18.5. The molecular weight excluding hydrogens is 496 g/mol. The van der Waals surface area contributed by atoms with Crippen LogP contribution < -0.4 is 23.7 Å². The number of morpholine rings is 1. The Morgan fingerprint density at radius 3 is 2.47 bits per heavy atom. The molecule has 2 saturated heterocycles. The molecule has 2 aromatic rings. The van der Waals surface area contributed by atoms with Gasteiger partial charge >= 0.3 is 0 Å². The van der Waals surface area contributed by atoms with E-state index in [0.29, 0.717) is 53.9 Å². The molecule has 1 unspecified atom stereocenters. The topological polar surface area (TPSA) is 116 Å². The van der Waals surface area contributed by atoms with Crippen LogP contribution in [0.4, 0.5) is 0 Å². The average molecular weight is 527 g/mol. The number of aliphatic hydroxyl groups is 1. The molecule has 0 radical (unpaired) electrons. The van der Waals surface area contributed by atoms with Crippen molar-refractivity contribution < 1.29 is 43.1 Å². The first kappa shape index (κ1) is 25.7. The third-order valence-corrected chi connectivity index (χ3v) is 6.95. The Morgan fingerprint density at radius 1 is 1.00 bits per heavy atom. The van der Waals surface area contributed by atoms with Crippen molar-refractivity contribution in [2.45, 2.75) is 6.04 Å². The Labute approximate surface area is 220 Å². The zero-order chi connectivity index (χ0) is 26.8. The first-order valence-electron chi connectivity index (χ1n) is 12.3. The van der Waals surface area contributed by atoms with Gasteiger partial charge in [-0.15, -0.1) is 0 Å². The van der Waals surface area contributed by atoms with E-state index in [1.807, 2.05) is 0 Å². The predicted octanol–water partition coefficient (Wildman–Crippen LogP) is 2.20. The van der Waals surface area contributed by atoms with Gasteiger partial charge in [0.15, 0.2) is 11.5 Å². The summed E-state index contributed by atoms with van der Waals surface area (Å²) in [4.78, 5) is 30.6. The number of ketones is 1. The van der Waals surface area contributed by atoms with Crippen molar-refractivity contribution in [1.82, 2.24) is 9.80 Å². The van der Waals surface area contributed by atoms with Crippen molar-refractivity contribution in [3.8, 4) is 28.7 Å². The third kappa shape index (κ3) is 4.48. The van der Waals surface area contributed by atoms with Crippen LogP contribution in [-0.2, 0) is 14.3 Å². The van der Waals surface area contributed by atoms with E-state index < -0.39 is 17.7 Å². The minimum atomic E-state index is -0.972. The van der Waals surface area contributed by atoms with Gasteiger partial charge in [-0.25, -0.2) is 0 Å². The van der Waals surface area contributed by atoms with Crippen LogP contribution in [0.2, 0.25) is 0 Å². The molecule has 0 aromatic heterocycles. The molecule has 2 aromatic carbocycles. The van der Waals surface area contributed by atoms with E-state index >= 15 is 0 Å². The summed E-state index contributed by atoms with van der Waals surface area (Å²) in [5.41, 5.74) is 0.705. The van der Waals surface area contributed by atoms with E-state index in [9.17, 15) is 14.7 Å². The van der Waals surface area contributed by atoms with Crippen molar-refractivity contribution in [3.63, 3.8) is 0 Å². The normalized spacial score (nSPS) is 20.6. The number of Topliss-reactive ketones (excluding diaryl/α,β-unsaturated/α-hetero) is 1. The number of aliphatic hydroxyl groups excluding tert-OH is 1. The van der Waals surface area contributed by atoms with Crippen molar-refractivity contribution in [1.29, 1.82) is 0 Å². The SMILES string of the molecule is COc1cccc(/C(O)=C2\C(=O)C(=O)N(CCN3CCOCC3)C2c2cc(OC)c3c(c2OC)OCO3)c1. The Kier molecular flexibility index (Phi) is 7.30. The lowest BCUT2D eigenvalue weighted by molar-refractivity contribution is -0.140. The molecule has 11 nitrogen and oxygen atoms in total. The van der Waals surface area contributed by atoms with E-state index in [2.05, 4.69) is 4.90 Å². The molecular formula is C27H30N2O9. The van der Waals surface area contributed by atoms with Crippen molar-refractivity contribution in [2.75, 3.05) is 67.5 Å². The number of hydrogen-bond donors (Lipinski definition) is 1. The molecule has 38 heavy (non-hydrogen) atoms. The number of benzene rings is 2. The van der Waals surface area contributed by atoms with E-state index in [1.54, 1.807) is 30.3 Å². The lowest BCUT2D eigenvalue weighted by atomic mass is 9.93. The van der Waals surface area contributed by atoms with Crippen LogP contribution in [-0.4, -0.2) is 94.1 Å². The van der Waals surface area contributed by atoms with Crippen LogP contribution in [0.1, 0.15) is 17.2 Å². The number of carbonyl (C=O) groups excluding carboxylic acids is 2. The maximum absolute atomic E-state index is 13.5. The largest absolute Gasteiger partial charge is 0.507 e. The molecule has 202 valence electrons. The minimum absolute atomic E-state index is 0.0352. The molecule has 0 bridgehead atoms. The Hall–Kier alpha value is -3.96. The fourth-order valence-corrected chi connectivity index (χ4v) is 5.03. The molecule has 3 aliphatic rings. The monoisotopic (exact) mass is 526 g/mol. The molecule has 5 rings (SSSR count). The molecule has 0 aliphatic carbocycles. The summed E-state index contributed by atoms with van der Waals surface area (Å²) < 4.78 is 33.3. The van der Waals surface area contributed by atoms with Gasteiger partial charge in [0.25, 0.3) is 11.7 Å². The van der Waals surface area contributed by atoms with Crippen LogP contribution in [0.25, 0.3) is 5.76 Å². The number of rotatable bonds is 8. The molecule has 0 saturated carbocycles. The van der Waals surface area contributed by atoms with Gasteiger partial charge in [0.05, 0.1) is 46.2 Å². The van der Waals surface area contributed by atoms with Crippen LogP contribution >= 0.6 is 0 Å². The fourth-order valence-electron chi connectivity index (χ4n) is 5.03. The maximum atomic E-state index is 13.5. The fraction of sp³-hybridized carbons (Fsp3) is 0.407. The second-order valence-corrected chi connectivity index (χ2v) is 8.94. The molecule has 1 atom stereocenters. The van der Waals surface area contributed by atoms with E-state index in [4.69, 9.17) is 28.4 Å². The lowest BCUT2D eigenvalue weighted by Crippen LogP contribution is -2.42. The standard InChI is InChI=1S/C27H30N2O9/c1-33-17-6-4-5-16(13-17)22(30)20-21(18-14-19(34-2)25-26(24(18)35-3)38-15-37-25)29(27(32)23(20)31)8-7-28-9-11-36-12-10-28/h4-6,13-14,21,30H,7-12,15H2,1-3H3/b22-20+. The van der Waals surface area contributed by atoms with Crippen LogP contribution in [0, 0.1) is 0 Å². The van der Waals surface area contributed by atoms with Gasteiger partial charge in [-0.3, -0.25) is 14.5 Å². The number of fused-ring (bicyclic) bond motifs is 1. The zero-order valence-corrected chi connectivity index (χ0v) is 21.5. The summed E-state index contributed by atoms with van der Waals surface area (Å²) in [6.07, 6.45) is 0. The quantitative estimate of drug-likeness (QED) is 0.312. The van der Waals surface area contributed by atoms with E-state index in [1.165, 1.54) is 26.2 Å². The van der Waals surface area contributed by atoms with Crippen molar-refractivity contribution >= 4 is 17.4 Å². The van der Waals surface area contributed by atoms with Crippen LogP contribution in [0.5, 0.6) is 28.7 Å². The van der Waals surface area contributed by atoms with Gasteiger partial charge in [0, 0.05) is 37.3 Å². The van der Waals surface area contributed by atoms with Crippen molar-refractivity contribution in [2.24, 2.45) is 0 Å². The maximum Gasteiger partial charge on any atom is 0.295 e. The smallest absolute Gasteiger partial charge is 0.295 e. The van der Waals surface area contributed by atoms with E-state index in [-0.39, 0.29) is 30.4 Å². The highest BCUT2D eigenvalue weighted by Crippen LogP contribution is 2.54. The predicted molar refractivity (Wildman–Crippen MR) is 135 cm³/mol. The number of nitrogens with zero attached hydrogens (tertiary/aromatic N) is 2. The van der Waals surface area contributed by atoms with Gasteiger partial charge in [0.1, 0.15) is 11.5 Å². The number of likely N-dealkylation sites (tertiary alicyclic amines) is 1. The Morgan fingerprint density at radius 2 is 1.76 bits per heavy atom. The second kappa shape index (κ2) is 10.8. The van der Waals surface area contributed by atoms with E-state index in [0.717, 1.165) is 13.1 Å². The summed E-state index contributed by atoms with van der Waals surface area (Å²) in [6, 6.07) is 7.35. The highest BCUT2D eigenvalue weighted by atomic mass is 16.7. The lowest BCUT2D eigenvalue weighted by Gasteiger charge is -2.31. The highest BCUT2D eigenvalue weighted by molar-refractivity contribution is 6.46. The number of hydrogen-bond acceptors (Lipinski definition) is 10. The van der Waals surface area contributed by atoms with Crippen LogP contribution in [0.15, 0.2) is 35.9 Å². The first-order valence-corrected chi connectivity index (χ1v) is 12.3. The third-order valence-electron chi connectivity index (χ3n) is 6.95. The summed E-state index contributed by atoms with van der Waals surface area (Å²) >= 11 is 0. The Balaban J connectivity index is 1.66. The number of amides is 1. The summed E-state index contributed by atoms with van der Waals surface area (Å²) in [5.74, 6) is -0.0172. The summed E-state index contributed by atoms with van der Waals surface area (Å²) in [6.45, 7) is 3.38. The molecule has 3 aliphatic heterocycles. The molecule has 2 fully saturated rings. The number of methoxy groups -OCH3 is 3. The summed E-state index contributed by atoms with van der Waals surface area (Å²) in [7, 11) is 4.46. The van der Waals surface area contributed by atoms with Gasteiger partial charge in [-0.05, 0) is 18.2 Å². The molecule has 3 heterocycles. The number of ether oxygens (including phenoxy) is 6.